The molecule has 1 heterocycles. The normalized spacial score (nSPS) is 10.8. The number of primary amides is 1. The van der Waals surface area contributed by atoms with E-state index in [1.807, 2.05) is 12.1 Å². The van der Waals surface area contributed by atoms with E-state index in [4.69, 9.17) is 5.73 Å². The first-order chi connectivity index (χ1) is 11.5. The molecule has 122 valence electrons. The van der Waals surface area contributed by atoms with Crippen molar-refractivity contribution in [1.82, 2.24) is 15.3 Å². The average molecular weight is 325 g/mol. The molecule has 0 aliphatic rings. The molecule has 24 heavy (non-hydrogen) atoms. The second-order valence-electron chi connectivity index (χ2n) is 5.31. The fourth-order valence-electron chi connectivity index (χ4n) is 2.36. The van der Waals surface area contributed by atoms with E-state index in [1.165, 1.54) is 12.1 Å². The summed E-state index contributed by atoms with van der Waals surface area (Å²) in [6.07, 6.45) is 0. The number of nitro groups is 1. The largest absolute Gasteiger partial charge is 0.366 e. The van der Waals surface area contributed by atoms with Gasteiger partial charge in [0.15, 0.2) is 0 Å². The monoisotopic (exact) mass is 325 g/mol. The second kappa shape index (κ2) is 6.47. The third kappa shape index (κ3) is 3.39. The fourth-order valence-corrected chi connectivity index (χ4v) is 2.36. The molecule has 1 amide bonds. The number of non-ortho nitro benzene ring substituents is 1. The number of carbonyl (C=O) groups excluding carboxylic acids is 1. The number of imidazole rings is 1. The molecule has 4 N–H and O–H groups in total. The van der Waals surface area contributed by atoms with Gasteiger partial charge < -0.3 is 16.0 Å². The van der Waals surface area contributed by atoms with E-state index >= 15 is 0 Å². The van der Waals surface area contributed by atoms with Gasteiger partial charge in [-0.1, -0.05) is 12.1 Å². The average Bonchev–Trinajstić information content (AvgIpc) is 2.97. The molecule has 0 aliphatic carbocycles. The Kier molecular flexibility index (Phi) is 4.21. The number of amides is 1. The Morgan fingerprint density at radius 2 is 1.96 bits per heavy atom. The van der Waals surface area contributed by atoms with Gasteiger partial charge in [0.1, 0.15) is 5.82 Å². The molecule has 0 fully saturated rings. The van der Waals surface area contributed by atoms with Crippen LogP contribution in [-0.2, 0) is 13.1 Å². The summed E-state index contributed by atoms with van der Waals surface area (Å²) in [6, 6.07) is 11.5. The van der Waals surface area contributed by atoms with Crippen molar-refractivity contribution in [2.45, 2.75) is 13.1 Å². The van der Waals surface area contributed by atoms with Gasteiger partial charge in [0.05, 0.1) is 22.5 Å². The first kappa shape index (κ1) is 15.6. The molecule has 8 nitrogen and oxygen atoms in total. The number of nitrogens with one attached hydrogen (secondary N) is 2. The van der Waals surface area contributed by atoms with E-state index in [0.29, 0.717) is 35.5 Å². The highest BCUT2D eigenvalue weighted by atomic mass is 16.6. The fraction of sp³-hybridized carbons (Fsp3) is 0.125. The van der Waals surface area contributed by atoms with Crippen LogP contribution in [-0.4, -0.2) is 20.8 Å². The summed E-state index contributed by atoms with van der Waals surface area (Å²) in [7, 11) is 0. The number of hydrogen-bond donors (Lipinski definition) is 3. The SMILES string of the molecule is NC(=O)c1ccc(CNCc2nc3ccc([N+](=O)[O-])cc3[nH]2)cc1. The predicted molar refractivity (Wildman–Crippen MR) is 88.3 cm³/mol. The summed E-state index contributed by atoms with van der Waals surface area (Å²) < 4.78 is 0. The summed E-state index contributed by atoms with van der Waals surface area (Å²) in [5, 5.41) is 14.0. The first-order valence-electron chi connectivity index (χ1n) is 7.25. The van der Waals surface area contributed by atoms with Crippen LogP contribution in [0.15, 0.2) is 42.5 Å². The van der Waals surface area contributed by atoms with Crippen LogP contribution in [0.4, 0.5) is 5.69 Å². The molecule has 8 heteroatoms. The molecular weight excluding hydrogens is 310 g/mol. The Bertz CT molecular complexity index is 902. The first-order valence-corrected chi connectivity index (χ1v) is 7.25. The van der Waals surface area contributed by atoms with E-state index < -0.39 is 10.8 Å². The lowest BCUT2D eigenvalue weighted by atomic mass is 10.1. The lowest BCUT2D eigenvalue weighted by Gasteiger charge is -2.03. The zero-order valence-corrected chi connectivity index (χ0v) is 12.7. The van der Waals surface area contributed by atoms with Gasteiger partial charge in [-0.25, -0.2) is 4.98 Å². The molecule has 1 aromatic heterocycles. The van der Waals surface area contributed by atoms with Crippen LogP contribution in [0.3, 0.4) is 0 Å². The van der Waals surface area contributed by atoms with Gasteiger partial charge in [-0.05, 0) is 23.8 Å². The molecule has 0 aliphatic heterocycles. The summed E-state index contributed by atoms with van der Waals surface area (Å²) in [5.74, 6) is 0.241. The highest BCUT2D eigenvalue weighted by Crippen LogP contribution is 2.18. The Labute approximate surface area is 136 Å². The third-order valence-electron chi connectivity index (χ3n) is 3.59. The molecule has 0 spiro atoms. The Hall–Kier alpha value is -3.26. The minimum absolute atomic E-state index is 0.0280. The van der Waals surface area contributed by atoms with Crippen LogP contribution >= 0.6 is 0 Å². The van der Waals surface area contributed by atoms with Crippen LogP contribution in [0.25, 0.3) is 11.0 Å². The second-order valence-corrected chi connectivity index (χ2v) is 5.31. The van der Waals surface area contributed by atoms with Gasteiger partial charge in [-0.15, -0.1) is 0 Å². The van der Waals surface area contributed by atoms with Crippen molar-refractivity contribution in [3.05, 3.63) is 69.5 Å². The Morgan fingerprint density at radius 1 is 1.21 bits per heavy atom. The number of benzene rings is 2. The standard InChI is InChI=1S/C16H15N5O3/c17-16(22)11-3-1-10(2-4-11)8-18-9-15-19-13-6-5-12(21(23)24)7-14(13)20-15/h1-7,18H,8-9H2,(H2,17,22)(H,19,20). The number of nitro benzene ring substituents is 1. The van der Waals surface area contributed by atoms with E-state index in [0.717, 1.165) is 5.56 Å². The van der Waals surface area contributed by atoms with Crippen molar-refractivity contribution in [2.24, 2.45) is 5.73 Å². The maximum Gasteiger partial charge on any atom is 0.271 e. The number of nitrogens with zero attached hydrogens (tertiary/aromatic N) is 2. The van der Waals surface area contributed by atoms with E-state index in [-0.39, 0.29) is 5.69 Å². The number of rotatable bonds is 6. The number of nitrogens with two attached hydrogens (primary N) is 1. The molecule has 0 saturated carbocycles. The van der Waals surface area contributed by atoms with Crippen molar-refractivity contribution < 1.29 is 9.72 Å². The lowest BCUT2D eigenvalue weighted by molar-refractivity contribution is -0.384. The molecule has 2 aromatic carbocycles. The van der Waals surface area contributed by atoms with E-state index in [1.54, 1.807) is 18.2 Å². The van der Waals surface area contributed by atoms with Crippen molar-refractivity contribution in [3.63, 3.8) is 0 Å². The molecule has 0 unspecified atom stereocenters. The lowest BCUT2D eigenvalue weighted by Crippen LogP contribution is -2.14. The predicted octanol–water partition coefficient (Wildman–Crippen LogP) is 1.86. The number of hydrogen-bond acceptors (Lipinski definition) is 5. The minimum Gasteiger partial charge on any atom is -0.366 e. The molecular formula is C16H15N5O3. The van der Waals surface area contributed by atoms with Crippen molar-refractivity contribution in [2.75, 3.05) is 0 Å². The molecule has 3 aromatic rings. The Morgan fingerprint density at radius 3 is 2.62 bits per heavy atom. The van der Waals surface area contributed by atoms with Gasteiger partial charge in [0.25, 0.3) is 5.69 Å². The van der Waals surface area contributed by atoms with E-state index in [2.05, 4.69) is 15.3 Å². The van der Waals surface area contributed by atoms with Gasteiger partial charge >= 0.3 is 0 Å². The summed E-state index contributed by atoms with van der Waals surface area (Å²) >= 11 is 0. The van der Waals surface area contributed by atoms with Gasteiger partial charge in [0, 0.05) is 24.2 Å². The van der Waals surface area contributed by atoms with Crippen LogP contribution in [0, 0.1) is 10.1 Å². The molecule has 0 atom stereocenters. The summed E-state index contributed by atoms with van der Waals surface area (Å²) in [5.41, 5.74) is 8.02. The third-order valence-corrected chi connectivity index (χ3v) is 3.59. The molecule has 3 rings (SSSR count). The maximum absolute atomic E-state index is 11.0. The smallest absolute Gasteiger partial charge is 0.271 e. The highest BCUT2D eigenvalue weighted by Gasteiger charge is 2.09. The molecule has 0 radical (unpaired) electrons. The number of fused-ring (bicyclic) bond motifs is 1. The van der Waals surface area contributed by atoms with Crippen LogP contribution < -0.4 is 11.1 Å². The van der Waals surface area contributed by atoms with Gasteiger partial charge in [0.2, 0.25) is 5.91 Å². The molecule has 0 bridgehead atoms. The van der Waals surface area contributed by atoms with Crippen molar-refractivity contribution in [3.8, 4) is 0 Å². The summed E-state index contributed by atoms with van der Waals surface area (Å²) in [4.78, 5) is 28.8. The highest BCUT2D eigenvalue weighted by molar-refractivity contribution is 5.92. The molecule has 0 saturated heterocycles. The van der Waals surface area contributed by atoms with Crippen LogP contribution in [0.2, 0.25) is 0 Å². The van der Waals surface area contributed by atoms with Crippen molar-refractivity contribution >= 4 is 22.6 Å². The minimum atomic E-state index is -0.453. The topological polar surface area (TPSA) is 127 Å². The zero-order chi connectivity index (χ0) is 17.1. The number of aromatic amines is 1. The zero-order valence-electron chi connectivity index (χ0n) is 12.7. The van der Waals surface area contributed by atoms with Crippen molar-refractivity contribution in [1.29, 1.82) is 0 Å². The van der Waals surface area contributed by atoms with Crippen LogP contribution in [0.5, 0.6) is 0 Å². The quantitative estimate of drug-likeness (QED) is 0.471. The van der Waals surface area contributed by atoms with E-state index in [9.17, 15) is 14.9 Å². The number of carbonyl (C=O) groups is 1. The summed E-state index contributed by atoms with van der Waals surface area (Å²) in [6.45, 7) is 1.08. The maximum atomic E-state index is 11.0. The number of aromatic nitrogens is 2. The Balaban J connectivity index is 1.63. The van der Waals surface area contributed by atoms with Crippen LogP contribution in [0.1, 0.15) is 21.7 Å². The number of H-pyrrole nitrogens is 1. The van der Waals surface area contributed by atoms with Gasteiger partial charge in [-0.3, -0.25) is 14.9 Å². The van der Waals surface area contributed by atoms with Gasteiger partial charge in [-0.2, -0.15) is 0 Å².